The number of hydrogen-bond donors (Lipinski definition) is 0. The van der Waals surface area contributed by atoms with Crippen LogP contribution < -0.4 is 0 Å². The highest BCUT2D eigenvalue weighted by Crippen LogP contribution is 2.12. The van der Waals surface area contributed by atoms with E-state index in [-0.39, 0.29) is 0 Å². The van der Waals surface area contributed by atoms with Gasteiger partial charge in [-0.3, -0.25) is 0 Å². The molecule has 0 unspecified atom stereocenters. The molecule has 0 rings (SSSR count). The molecule has 0 fully saturated rings. The van der Waals surface area contributed by atoms with Gasteiger partial charge in [-0.25, -0.2) is 0 Å². The van der Waals surface area contributed by atoms with Crippen LogP contribution in [0.25, 0.3) is 0 Å². The van der Waals surface area contributed by atoms with Gasteiger partial charge in [0.15, 0.2) is 0 Å². The second-order valence-electron chi connectivity index (χ2n) is 6.50. The summed E-state index contributed by atoms with van der Waals surface area (Å²) in [5, 5.41) is 0. The van der Waals surface area contributed by atoms with Gasteiger partial charge in [-0.1, -0.05) is 76.4 Å². The molecule has 0 spiro atoms. The first kappa shape index (κ1) is 23.9. The maximum Gasteiger partial charge on any atom is 0.146 e. The van der Waals surface area contributed by atoms with Gasteiger partial charge in [-0.05, 0) is 32.6 Å². The van der Waals surface area contributed by atoms with Crippen molar-refractivity contribution in [1.29, 1.82) is 0 Å². The van der Waals surface area contributed by atoms with E-state index in [0.29, 0.717) is 6.79 Å². The molecule has 0 aromatic rings. The zero-order chi connectivity index (χ0) is 17.6. The van der Waals surface area contributed by atoms with Gasteiger partial charge in [0.05, 0.1) is 6.61 Å². The summed E-state index contributed by atoms with van der Waals surface area (Å²) in [7, 11) is 0. The summed E-state index contributed by atoms with van der Waals surface area (Å²) in [6.07, 6.45) is 23.3. The molecule has 2 nitrogen and oxygen atoms in total. The molecule has 24 heavy (non-hydrogen) atoms. The van der Waals surface area contributed by atoms with Crippen LogP contribution >= 0.6 is 11.6 Å². The minimum Gasteiger partial charge on any atom is -0.356 e. The molecule has 0 heterocycles. The number of halogens is 1. The van der Waals surface area contributed by atoms with Gasteiger partial charge in [0, 0.05) is 12.5 Å². The Morgan fingerprint density at radius 2 is 1.12 bits per heavy atom. The van der Waals surface area contributed by atoms with Crippen LogP contribution in [0, 0.1) is 0 Å². The Hall–Kier alpha value is -0.0500. The number of alkyl halides is 1. The van der Waals surface area contributed by atoms with Crippen LogP contribution in [0.15, 0.2) is 12.2 Å². The quantitative estimate of drug-likeness (QED) is 0.0984. The highest BCUT2D eigenvalue weighted by atomic mass is 35.5. The van der Waals surface area contributed by atoms with Crippen LogP contribution in [-0.4, -0.2) is 25.9 Å². The Balaban J connectivity index is 3.02. The van der Waals surface area contributed by atoms with Gasteiger partial charge in [0.25, 0.3) is 0 Å². The van der Waals surface area contributed by atoms with E-state index in [1.807, 2.05) is 6.92 Å². The molecule has 0 aromatic carbocycles. The largest absolute Gasteiger partial charge is 0.356 e. The molecule has 0 N–H and O–H groups in total. The predicted molar refractivity (Wildman–Crippen MR) is 107 cm³/mol. The van der Waals surface area contributed by atoms with E-state index in [4.69, 9.17) is 21.1 Å². The summed E-state index contributed by atoms with van der Waals surface area (Å²) in [6.45, 7) is 3.90. The second kappa shape index (κ2) is 22.9. The first-order chi connectivity index (χ1) is 11.9. The van der Waals surface area contributed by atoms with Gasteiger partial charge in [-0.15, -0.1) is 11.6 Å². The normalized spacial score (nSPS) is 11.6. The van der Waals surface area contributed by atoms with Crippen molar-refractivity contribution in [2.45, 2.75) is 96.8 Å². The van der Waals surface area contributed by atoms with Crippen molar-refractivity contribution in [3.63, 3.8) is 0 Å². The van der Waals surface area contributed by atoms with Crippen molar-refractivity contribution >= 4 is 11.6 Å². The third-order valence-corrected chi connectivity index (χ3v) is 4.49. The molecule has 0 saturated carbocycles. The molecule has 0 bridgehead atoms. The first-order valence-corrected chi connectivity index (χ1v) is 10.8. The number of allylic oxidation sites excluding steroid dienone is 1. The summed E-state index contributed by atoms with van der Waals surface area (Å²) in [5.41, 5.74) is 0. The Labute approximate surface area is 156 Å². The Kier molecular flexibility index (Phi) is 22.9. The van der Waals surface area contributed by atoms with Gasteiger partial charge < -0.3 is 9.47 Å². The lowest BCUT2D eigenvalue weighted by Crippen LogP contribution is -1.99. The molecule has 0 aromatic heterocycles. The van der Waals surface area contributed by atoms with Crippen molar-refractivity contribution in [1.82, 2.24) is 0 Å². The molecule has 0 aliphatic rings. The summed E-state index contributed by atoms with van der Waals surface area (Å²) in [5.74, 6) is 0.832. The number of rotatable bonds is 20. The maximum absolute atomic E-state index is 5.67. The highest BCUT2D eigenvalue weighted by Gasteiger charge is 1.93. The summed E-state index contributed by atoms with van der Waals surface area (Å²) in [6, 6.07) is 0. The smallest absolute Gasteiger partial charge is 0.146 e. The molecular weight excluding hydrogens is 320 g/mol. The third-order valence-electron chi connectivity index (χ3n) is 4.22. The van der Waals surface area contributed by atoms with Crippen molar-refractivity contribution in [3.05, 3.63) is 12.2 Å². The van der Waals surface area contributed by atoms with Gasteiger partial charge >= 0.3 is 0 Å². The zero-order valence-corrected chi connectivity index (χ0v) is 16.8. The predicted octanol–water partition coefficient (Wildman–Crippen LogP) is 7.25. The molecule has 0 aliphatic heterocycles. The molecule has 144 valence electrons. The summed E-state index contributed by atoms with van der Waals surface area (Å²) >= 11 is 5.67. The van der Waals surface area contributed by atoms with Crippen LogP contribution in [0.1, 0.15) is 96.8 Å². The van der Waals surface area contributed by atoms with Crippen LogP contribution in [0.3, 0.4) is 0 Å². The van der Waals surface area contributed by atoms with Crippen molar-refractivity contribution < 1.29 is 9.47 Å². The fourth-order valence-corrected chi connectivity index (χ4v) is 2.90. The monoisotopic (exact) mass is 360 g/mol. The van der Waals surface area contributed by atoms with E-state index in [1.54, 1.807) is 0 Å². The lowest BCUT2D eigenvalue weighted by atomic mass is 10.0. The van der Waals surface area contributed by atoms with Crippen molar-refractivity contribution in [3.8, 4) is 0 Å². The van der Waals surface area contributed by atoms with E-state index >= 15 is 0 Å². The first-order valence-electron chi connectivity index (χ1n) is 10.3. The second-order valence-corrected chi connectivity index (χ2v) is 6.88. The lowest BCUT2D eigenvalue weighted by molar-refractivity contribution is -0.0476. The molecule has 3 heteroatoms. The van der Waals surface area contributed by atoms with E-state index in [1.165, 1.54) is 83.5 Å². The van der Waals surface area contributed by atoms with E-state index in [9.17, 15) is 0 Å². The number of unbranched alkanes of at least 4 members (excludes halogenated alkanes) is 12. The average molecular weight is 361 g/mol. The summed E-state index contributed by atoms with van der Waals surface area (Å²) in [4.78, 5) is 0. The molecular formula is C21H41ClO2. The van der Waals surface area contributed by atoms with Gasteiger partial charge in [0.2, 0.25) is 0 Å². The lowest BCUT2D eigenvalue weighted by Gasteiger charge is -2.02. The van der Waals surface area contributed by atoms with Crippen LogP contribution in [0.2, 0.25) is 0 Å². The molecule has 0 aliphatic carbocycles. The van der Waals surface area contributed by atoms with E-state index in [0.717, 1.165) is 25.5 Å². The van der Waals surface area contributed by atoms with Crippen molar-refractivity contribution in [2.75, 3.05) is 25.9 Å². The Morgan fingerprint density at radius 1 is 0.625 bits per heavy atom. The van der Waals surface area contributed by atoms with Crippen LogP contribution in [0.4, 0.5) is 0 Å². The Morgan fingerprint density at radius 3 is 1.67 bits per heavy atom. The maximum atomic E-state index is 5.67. The van der Waals surface area contributed by atoms with Crippen LogP contribution in [-0.2, 0) is 9.47 Å². The van der Waals surface area contributed by atoms with Gasteiger partial charge in [0.1, 0.15) is 6.79 Å². The molecule has 0 radical (unpaired) electrons. The highest BCUT2D eigenvalue weighted by molar-refractivity contribution is 6.17. The fourth-order valence-electron chi connectivity index (χ4n) is 2.71. The zero-order valence-electron chi connectivity index (χ0n) is 16.1. The molecule has 0 amide bonds. The van der Waals surface area contributed by atoms with Gasteiger partial charge in [-0.2, -0.15) is 0 Å². The molecule has 0 atom stereocenters. The third kappa shape index (κ3) is 21.9. The Bertz CT molecular complexity index is 244. The molecule has 0 saturated heterocycles. The number of hydrogen-bond acceptors (Lipinski definition) is 2. The van der Waals surface area contributed by atoms with Crippen LogP contribution in [0.5, 0.6) is 0 Å². The minimum absolute atomic E-state index is 0.429. The topological polar surface area (TPSA) is 18.5 Å². The SMILES string of the molecule is CCOCOCCC=CCCCCCCCCCCCCCCCl. The number of ether oxygens (including phenoxy) is 2. The summed E-state index contributed by atoms with van der Waals surface area (Å²) < 4.78 is 10.4. The van der Waals surface area contributed by atoms with Crippen molar-refractivity contribution in [2.24, 2.45) is 0 Å². The minimum atomic E-state index is 0.429. The standard InChI is InChI=1S/C21H41ClO2/c1-2-23-21-24-20-18-16-14-12-10-8-6-4-3-5-7-9-11-13-15-17-19-22/h14,16H,2-13,15,17-21H2,1H3. The van der Waals surface area contributed by atoms with E-state index < -0.39 is 0 Å². The fraction of sp³-hybridized carbons (Fsp3) is 0.905. The van der Waals surface area contributed by atoms with E-state index in [2.05, 4.69) is 12.2 Å². The average Bonchev–Trinajstić information content (AvgIpc) is 2.60.